The molecule has 0 spiro atoms. The molecule has 0 heterocycles. The second-order valence-corrected chi connectivity index (χ2v) is 2.57. The third-order valence-electron chi connectivity index (χ3n) is 1.43. The topological polar surface area (TPSA) is 81.7 Å². The van der Waals surface area contributed by atoms with Gasteiger partial charge in [-0.25, -0.2) is 0 Å². The van der Waals surface area contributed by atoms with Crippen LogP contribution in [0.5, 0.6) is 0 Å². The first-order valence-corrected chi connectivity index (χ1v) is 3.98. The highest BCUT2D eigenvalue weighted by Crippen LogP contribution is 1.99. The summed E-state index contributed by atoms with van der Waals surface area (Å²) in [6.45, 7) is 0. The van der Waals surface area contributed by atoms with Crippen molar-refractivity contribution in [3.05, 3.63) is 0 Å². The summed E-state index contributed by atoms with van der Waals surface area (Å²) < 4.78 is 0. The molecule has 0 aliphatic rings. The van der Waals surface area contributed by atoms with Gasteiger partial charge in [-0.3, -0.25) is 9.59 Å². The molecule has 0 rings (SSSR count). The lowest BCUT2D eigenvalue weighted by atomic mass is 10.1. The van der Waals surface area contributed by atoms with Gasteiger partial charge in [0, 0.05) is 25.7 Å². The van der Waals surface area contributed by atoms with Crippen molar-refractivity contribution in [1.82, 2.24) is 0 Å². The van der Waals surface area contributed by atoms with E-state index >= 15 is 0 Å². The molecule has 0 N–H and O–H groups in total. The predicted molar refractivity (Wildman–Crippen MR) is 44.3 cm³/mol. The highest BCUT2D eigenvalue weighted by Gasteiger charge is 2.08. The Morgan fingerprint density at radius 1 is 0.923 bits per heavy atom. The Balaban J connectivity index is 3.62. The van der Waals surface area contributed by atoms with E-state index in [1.807, 2.05) is 12.1 Å². The van der Waals surface area contributed by atoms with Crippen LogP contribution in [0.25, 0.3) is 0 Å². The molecule has 4 heteroatoms. The first-order chi connectivity index (χ1) is 6.20. The van der Waals surface area contributed by atoms with Crippen LogP contribution in [0.15, 0.2) is 0 Å². The second-order valence-electron chi connectivity index (χ2n) is 2.57. The summed E-state index contributed by atoms with van der Waals surface area (Å²) in [6, 6.07) is 3.66. The quantitative estimate of drug-likeness (QED) is 0.570. The van der Waals surface area contributed by atoms with E-state index in [9.17, 15) is 9.59 Å². The van der Waals surface area contributed by atoms with Crippen molar-refractivity contribution < 1.29 is 9.59 Å². The van der Waals surface area contributed by atoms with E-state index in [-0.39, 0.29) is 43.7 Å². The molecule has 13 heavy (non-hydrogen) atoms. The Hall–Kier alpha value is -1.68. The van der Waals surface area contributed by atoms with Crippen LogP contribution >= 0.6 is 0 Å². The van der Waals surface area contributed by atoms with Gasteiger partial charge in [0.2, 0.25) is 0 Å². The number of hydrogen-bond donors (Lipinski definition) is 0. The maximum absolute atomic E-state index is 10.9. The standard InChI is InChI=1S/C9H10N2O2/c10-5-1-3-8(12)7-9(13)4-2-6-11/h1-4,7H2. The van der Waals surface area contributed by atoms with Gasteiger partial charge in [0.25, 0.3) is 0 Å². The molecule has 0 bridgehead atoms. The average molecular weight is 178 g/mol. The Labute approximate surface area is 76.8 Å². The summed E-state index contributed by atoms with van der Waals surface area (Å²) in [5, 5.41) is 16.3. The van der Waals surface area contributed by atoms with Gasteiger partial charge in [-0.1, -0.05) is 0 Å². The van der Waals surface area contributed by atoms with Crippen molar-refractivity contribution >= 4 is 11.6 Å². The van der Waals surface area contributed by atoms with Gasteiger partial charge in [0.1, 0.15) is 11.6 Å². The van der Waals surface area contributed by atoms with E-state index in [1.54, 1.807) is 0 Å². The van der Waals surface area contributed by atoms with Crippen LogP contribution in [-0.4, -0.2) is 11.6 Å². The molecule has 0 aliphatic heterocycles. The largest absolute Gasteiger partial charge is 0.299 e. The molecule has 68 valence electrons. The molecule has 0 fully saturated rings. The number of ketones is 2. The summed E-state index contributed by atoms with van der Waals surface area (Å²) in [5.74, 6) is -0.436. The molecule has 4 nitrogen and oxygen atoms in total. The van der Waals surface area contributed by atoms with Crippen LogP contribution < -0.4 is 0 Å². The normalized spacial score (nSPS) is 8.46. The summed E-state index contributed by atoms with van der Waals surface area (Å²) in [6.07, 6.45) is 0.446. The van der Waals surface area contributed by atoms with Gasteiger partial charge in [-0.05, 0) is 0 Å². The molecule has 0 aliphatic carbocycles. The van der Waals surface area contributed by atoms with Crippen molar-refractivity contribution in [3.8, 4) is 12.1 Å². The van der Waals surface area contributed by atoms with Gasteiger partial charge in [0.05, 0.1) is 18.6 Å². The van der Waals surface area contributed by atoms with Gasteiger partial charge in [-0.2, -0.15) is 10.5 Å². The van der Waals surface area contributed by atoms with Crippen LogP contribution in [0.4, 0.5) is 0 Å². The Morgan fingerprint density at radius 2 is 1.31 bits per heavy atom. The summed E-state index contributed by atoms with van der Waals surface area (Å²) >= 11 is 0. The predicted octanol–water partition coefficient (Wildman–Crippen LogP) is 1.12. The lowest BCUT2D eigenvalue weighted by molar-refractivity contribution is -0.126. The molecule has 0 unspecified atom stereocenters. The van der Waals surface area contributed by atoms with Crippen molar-refractivity contribution in [3.63, 3.8) is 0 Å². The van der Waals surface area contributed by atoms with Crippen LogP contribution in [0.3, 0.4) is 0 Å². The van der Waals surface area contributed by atoms with Crippen molar-refractivity contribution in [2.24, 2.45) is 0 Å². The average Bonchev–Trinajstić information content (AvgIpc) is 2.11. The Kier molecular flexibility index (Phi) is 6.09. The number of rotatable bonds is 6. The van der Waals surface area contributed by atoms with E-state index in [0.717, 1.165) is 0 Å². The van der Waals surface area contributed by atoms with E-state index in [4.69, 9.17) is 10.5 Å². The fourth-order valence-electron chi connectivity index (χ4n) is 0.787. The van der Waals surface area contributed by atoms with E-state index in [0.29, 0.717) is 0 Å². The maximum Gasteiger partial charge on any atom is 0.141 e. The first kappa shape index (κ1) is 11.3. The minimum absolute atomic E-state index is 0.134. The molecular weight excluding hydrogens is 168 g/mol. The van der Waals surface area contributed by atoms with Gasteiger partial charge in [-0.15, -0.1) is 0 Å². The SMILES string of the molecule is N#CCCC(=O)CC(=O)CCC#N. The van der Waals surface area contributed by atoms with E-state index in [1.165, 1.54) is 0 Å². The van der Waals surface area contributed by atoms with Crippen LogP contribution in [0, 0.1) is 22.7 Å². The Morgan fingerprint density at radius 3 is 1.62 bits per heavy atom. The zero-order valence-electron chi connectivity index (χ0n) is 7.25. The molecule has 0 saturated carbocycles. The fraction of sp³-hybridized carbons (Fsp3) is 0.556. The van der Waals surface area contributed by atoms with Gasteiger partial charge >= 0.3 is 0 Å². The number of carbonyl (C=O) groups excluding carboxylic acids is 2. The molecule has 0 saturated heterocycles. The van der Waals surface area contributed by atoms with Crippen LogP contribution in [0.2, 0.25) is 0 Å². The van der Waals surface area contributed by atoms with Crippen molar-refractivity contribution in [2.75, 3.05) is 0 Å². The molecule has 0 aromatic carbocycles. The van der Waals surface area contributed by atoms with Gasteiger partial charge < -0.3 is 0 Å². The molecule has 0 radical (unpaired) electrons. The number of nitriles is 2. The van der Waals surface area contributed by atoms with Crippen LogP contribution in [0.1, 0.15) is 32.1 Å². The lowest BCUT2D eigenvalue weighted by Gasteiger charge is -1.94. The molecule has 0 atom stereocenters. The third-order valence-corrected chi connectivity index (χ3v) is 1.43. The smallest absolute Gasteiger partial charge is 0.141 e. The molecule has 0 aromatic heterocycles. The Bertz CT molecular complexity index is 242. The highest BCUT2D eigenvalue weighted by atomic mass is 16.1. The summed E-state index contributed by atoms with van der Waals surface area (Å²) in [5.41, 5.74) is 0. The zero-order valence-corrected chi connectivity index (χ0v) is 7.25. The second kappa shape index (κ2) is 7.00. The van der Waals surface area contributed by atoms with E-state index < -0.39 is 0 Å². The number of hydrogen-bond acceptors (Lipinski definition) is 4. The van der Waals surface area contributed by atoms with E-state index in [2.05, 4.69) is 0 Å². The number of carbonyl (C=O) groups is 2. The lowest BCUT2D eigenvalue weighted by Crippen LogP contribution is -2.06. The van der Waals surface area contributed by atoms with Gasteiger partial charge in [0.15, 0.2) is 0 Å². The highest BCUT2D eigenvalue weighted by molar-refractivity contribution is 5.99. The van der Waals surface area contributed by atoms with Crippen LogP contribution in [-0.2, 0) is 9.59 Å². The fourth-order valence-corrected chi connectivity index (χ4v) is 0.787. The molecular formula is C9H10N2O2. The number of nitrogens with zero attached hydrogens (tertiary/aromatic N) is 2. The number of Topliss-reactive ketones (excluding diaryl/α,β-unsaturated/α-hetero) is 2. The molecule has 0 aromatic rings. The van der Waals surface area contributed by atoms with Crippen molar-refractivity contribution in [1.29, 1.82) is 10.5 Å². The summed E-state index contributed by atoms with van der Waals surface area (Å²) in [7, 11) is 0. The minimum atomic E-state index is -0.218. The molecule has 0 amide bonds. The monoisotopic (exact) mass is 178 g/mol. The zero-order chi connectivity index (χ0) is 10.1. The van der Waals surface area contributed by atoms with Crippen molar-refractivity contribution in [2.45, 2.75) is 32.1 Å². The first-order valence-electron chi connectivity index (χ1n) is 3.98. The maximum atomic E-state index is 10.9. The minimum Gasteiger partial charge on any atom is -0.299 e. The summed E-state index contributed by atoms with van der Waals surface area (Å²) in [4.78, 5) is 21.8. The third kappa shape index (κ3) is 6.71.